The minimum absolute atomic E-state index is 0.0163. The Labute approximate surface area is 300 Å². The molecule has 0 aromatic rings. The minimum atomic E-state index is -1.71. The van der Waals surface area contributed by atoms with Crippen molar-refractivity contribution >= 4 is 11.8 Å². The van der Waals surface area contributed by atoms with Crippen LogP contribution in [0.3, 0.4) is 0 Å². The Bertz CT molecular complexity index is 1180. The van der Waals surface area contributed by atoms with Crippen LogP contribution in [0.4, 0.5) is 0 Å². The number of ether oxygens (including phenoxy) is 4. The predicted molar refractivity (Wildman–Crippen MR) is 192 cm³/mol. The van der Waals surface area contributed by atoms with E-state index in [1.807, 2.05) is 33.8 Å². The van der Waals surface area contributed by atoms with Crippen molar-refractivity contribution in [1.82, 2.24) is 0 Å². The van der Waals surface area contributed by atoms with E-state index in [2.05, 4.69) is 32.1 Å². The van der Waals surface area contributed by atoms with E-state index in [0.717, 1.165) is 24.0 Å². The first-order valence-electron chi connectivity index (χ1n) is 18.9. The number of aliphatic hydroxyl groups excluding tert-OH is 3. The van der Waals surface area contributed by atoms with Crippen LogP contribution in [0.2, 0.25) is 0 Å². The van der Waals surface area contributed by atoms with Gasteiger partial charge in [0.25, 0.3) is 0 Å². The number of ketones is 1. The number of hydrogen-bond donors (Lipinski definition) is 4. The zero-order chi connectivity index (χ0) is 37.3. The van der Waals surface area contributed by atoms with Crippen LogP contribution in [0.5, 0.6) is 0 Å². The first kappa shape index (κ1) is 42.5. The molecule has 10 nitrogen and oxygen atoms in total. The first-order valence-corrected chi connectivity index (χ1v) is 18.9. The van der Waals surface area contributed by atoms with Crippen molar-refractivity contribution in [2.24, 2.45) is 29.6 Å². The van der Waals surface area contributed by atoms with Gasteiger partial charge in [0.05, 0.1) is 30.8 Å². The standard InChI is InChI=1S/C40H66O10/c1-10-32(41)29(8)36(44)26(5)20-28(7)38-27(6)19-23(2)15-16-31(48-35-21-33(42)37(45)30(9)47-35)14-12-11-13-24(3)39-25(4)17-18-40(46,50-39)22-34(43)49-38/h13,15-17,23,26-31,33,35-39,42,44-46H,10-12,14,18-22H2,1-9H3/b16-15+,24-13+/t23-,26+,27+,28+,29+,30?,31+,33?,35?,36-,37?,38-,39+,40+/m0/s1. The maximum Gasteiger partial charge on any atom is 0.311 e. The maximum atomic E-state index is 13.6. The molecule has 0 radical (unpaired) electrons. The van der Waals surface area contributed by atoms with Gasteiger partial charge in [-0.1, -0.05) is 65.8 Å². The molecule has 286 valence electrons. The molecule has 2 bridgehead atoms. The van der Waals surface area contributed by atoms with Crippen molar-refractivity contribution in [3.63, 3.8) is 0 Å². The number of esters is 1. The van der Waals surface area contributed by atoms with Gasteiger partial charge in [-0.15, -0.1) is 0 Å². The molecule has 3 aliphatic heterocycles. The fourth-order valence-corrected chi connectivity index (χ4v) is 7.82. The van der Waals surface area contributed by atoms with Crippen LogP contribution in [-0.2, 0) is 28.5 Å². The number of aliphatic hydroxyl groups is 4. The summed E-state index contributed by atoms with van der Waals surface area (Å²) in [5, 5.41) is 43.0. The van der Waals surface area contributed by atoms with Gasteiger partial charge in [0.1, 0.15) is 24.1 Å². The van der Waals surface area contributed by atoms with Gasteiger partial charge < -0.3 is 39.4 Å². The summed E-state index contributed by atoms with van der Waals surface area (Å²) in [6.45, 7) is 17.3. The lowest BCUT2D eigenvalue weighted by Gasteiger charge is -2.38. The normalized spacial score (nSPS) is 39.3. The molecular formula is C40H66O10. The highest BCUT2D eigenvalue weighted by Gasteiger charge is 2.40. The molecule has 0 aliphatic carbocycles. The summed E-state index contributed by atoms with van der Waals surface area (Å²) in [6.07, 6.45) is 6.93. The molecule has 1 fully saturated rings. The van der Waals surface area contributed by atoms with Crippen molar-refractivity contribution in [3.05, 3.63) is 35.5 Å². The minimum Gasteiger partial charge on any atom is -0.462 e. The monoisotopic (exact) mass is 706 g/mol. The van der Waals surface area contributed by atoms with Gasteiger partial charge in [-0.05, 0) is 87.7 Å². The fourth-order valence-electron chi connectivity index (χ4n) is 7.82. The van der Waals surface area contributed by atoms with E-state index in [1.165, 1.54) is 0 Å². The lowest BCUT2D eigenvalue weighted by atomic mass is 9.79. The van der Waals surface area contributed by atoms with Gasteiger partial charge >= 0.3 is 5.97 Å². The maximum absolute atomic E-state index is 13.6. The number of allylic oxidation sites excluding steroid dienone is 2. The molecule has 3 aliphatic rings. The third-order valence-corrected chi connectivity index (χ3v) is 11.0. The molecule has 1 saturated heterocycles. The molecule has 14 atom stereocenters. The Kier molecular flexibility index (Phi) is 16.4. The van der Waals surface area contributed by atoms with Crippen molar-refractivity contribution in [2.45, 2.75) is 175 Å². The summed E-state index contributed by atoms with van der Waals surface area (Å²) in [5.74, 6) is -3.05. The third kappa shape index (κ3) is 12.1. The molecule has 4 N–H and O–H groups in total. The van der Waals surface area contributed by atoms with Crippen LogP contribution in [0.25, 0.3) is 0 Å². The Morgan fingerprint density at radius 1 is 1.06 bits per heavy atom. The summed E-state index contributed by atoms with van der Waals surface area (Å²) in [6, 6.07) is 0. The van der Waals surface area contributed by atoms with E-state index in [-0.39, 0.29) is 54.8 Å². The number of carbonyl (C=O) groups is 2. The summed E-state index contributed by atoms with van der Waals surface area (Å²) in [4.78, 5) is 25.9. The molecule has 0 aromatic heterocycles. The van der Waals surface area contributed by atoms with Crippen LogP contribution >= 0.6 is 0 Å². The van der Waals surface area contributed by atoms with Crippen molar-refractivity contribution in [3.8, 4) is 0 Å². The van der Waals surface area contributed by atoms with E-state index >= 15 is 0 Å². The summed E-state index contributed by atoms with van der Waals surface area (Å²) >= 11 is 0. The largest absolute Gasteiger partial charge is 0.462 e. The fraction of sp³-hybridized carbons (Fsp3) is 0.800. The van der Waals surface area contributed by atoms with Gasteiger partial charge in [0.2, 0.25) is 0 Å². The SMILES string of the molecule is CCC(=O)[C@@H](C)[C@@H](O)[C@H](C)C[C@@H](C)[C@H]1OC(=O)C[C@@]2(O)CC=C(C)[C@H](O2)/C(C)=C/CCC[C@@H](OC2CC(O)C(O)C(C)O2)/C=C/[C@H](C)C[C@H]1C. The molecule has 4 unspecified atom stereocenters. The Morgan fingerprint density at radius 3 is 2.40 bits per heavy atom. The number of rotatable bonds is 9. The van der Waals surface area contributed by atoms with Crippen LogP contribution in [0.15, 0.2) is 35.5 Å². The van der Waals surface area contributed by atoms with Crippen molar-refractivity contribution in [1.29, 1.82) is 0 Å². The third-order valence-electron chi connectivity index (χ3n) is 11.0. The van der Waals surface area contributed by atoms with E-state index in [4.69, 9.17) is 18.9 Å². The van der Waals surface area contributed by atoms with Crippen molar-refractivity contribution < 1.29 is 49.0 Å². The molecule has 0 spiro atoms. The molecular weight excluding hydrogens is 640 g/mol. The Hall–Kier alpha value is -1.92. The molecule has 0 aromatic carbocycles. The highest BCUT2D eigenvalue weighted by molar-refractivity contribution is 5.80. The van der Waals surface area contributed by atoms with Gasteiger partial charge in [-0.2, -0.15) is 0 Å². The highest BCUT2D eigenvalue weighted by Crippen LogP contribution is 2.35. The van der Waals surface area contributed by atoms with Gasteiger partial charge in [0.15, 0.2) is 12.1 Å². The smallest absolute Gasteiger partial charge is 0.311 e. The summed E-state index contributed by atoms with van der Waals surface area (Å²) in [5.41, 5.74) is 1.91. The molecule has 0 amide bonds. The summed E-state index contributed by atoms with van der Waals surface area (Å²) in [7, 11) is 0. The second-order valence-electron chi connectivity index (χ2n) is 15.7. The van der Waals surface area contributed by atoms with Crippen LogP contribution in [0.1, 0.15) is 120 Å². The molecule has 10 heteroatoms. The average molecular weight is 707 g/mol. The first-order chi connectivity index (χ1) is 23.4. The van der Waals surface area contributed by atoms with E-state index in [1.54, 1.807) is 20.8 Å². The quantitative estimate of drug-likeness (QED) is 0.167. The number of cyclic esters (lactones) is 1. The predicted octanol–water partition coefficient (Wildman–Crippen LogP) is 5.94. The van der Waals surface area contributed by atoms with E-state index in [9.17, 15) is 30.0 Å². The number of fused-ring (bicyclic) bond motifs is 2. The number of hydrogen-bond acceptors (Lipinski definition) is 10. The lowest BCUT2D eigenvalue weighted by molar-refractivity contribution is -0.254. The second-order valence-corrected chi connectivity index (χ2v) is 15.7. The van der Waals surface area contributed by atoms with Crippen molar-refractivity contribution in [2.75, 3.05) is 0 Å². The Morgan fingerprint density at radius 2 is 1.74 bits per heavy atom. The molecule has 3 heterocycles. The number of carbonyl (C=O) groups excluding carboxylic acids is 2. The molecule has 50 heavy (non-hydrogen) atoms. The van der Waals surface area contributed by atoms with E-state index in [0.29, 0.717) is 25.7 Å². The highest BCUT2D eigenvalue weighted by atomic mass is 16.7. The topological polar surface area (TPSA) is 152 Å². The van der Waals surface area contributed by atoms with E-state index < -0.39 is 60.6 Å². The van der Waals surface area contributed by atoms with Gasteiger partial charge in [-0.25, -0.2) is 0 Å². The molecule has 0 saturated carbocycles. The van der Waals surface area contributed by atoms with Gasteiger partial charge in [-0.3, -0.25) is 9.59 Å². The zero-order valence-corrected chi connectivity index (χ0v) is 31.9. The van der Waals surface area contributed by atoms with Crippen LogP contribution in [0, 0.1) is 29.6 Å². The average Bonchev–Trinajstić information content (AvgIpc) is 3.05. The zero-order valence-electron chi connectivity index (χ0n) is 31.9. The number of Topliss-reactive ketones (excluding diaryl/α,β-unsaturated/α-hetero) is 1. The summed E-state index contributed by atoms with van der Waals surface area (Å²) < 4.78 is 24.7. The second kappa shape index (κ2) is 19.2. The van der Waals surface area contributed by atoms with Gasteiger partial charge in [0, 0.05) is 25.2 Å². The lowest BCUT2D eigenvalue weighted by Crippen LogP contribution is -2.48. The van der Waals surface area contributed by atoms with Crippen LogP contribution in [-0.4, -0.2) is 87.0 Å². The Balaban J connectivity index is 1.88. The molecule has 3 rings (SSSR count). The van der Waals surface area contributed by atoms with Crippen LogP contribution < -0.4 is 0 Å².